The Bertz CT molecular complexity index is 665. The first-order chi connectivity index (χ1) is 11.7. The third-order valence-electron chi connectivity index (χ3n) is 3.93. The van der Waals surface area contributed by atoms with E-state index in [4.69, 9.17) is 0 Å². The maximum Gasteiger partial charge on any atom is 0.254 e. The van der Waals surface area contributed by atoms with Crippen molar-refractivity contribution >= 4 is 5.91 Å². The quantitative estimate of drug-likeness (QED) is 0.615. The molecular weight excluding hydrogens is 294 g/mol. The van der Waals surface area contributed by atoms with E-state index in [0.29, 0.717) is 13.1 Å². The summed E-state index contributed by atoms with van der Waals surface area (Å²) in [6, 6.07) is 18.4. The molecule has 0 heterocycles. The second-order valence-electron chi connectivity index (χ2n) is 5.83. The molecule has 0 fully saturated rings. The van der Waals surface area contributed by atoms with Crippen molar-refractivity contribution in [1.82, 2.24) is 4.90 Å². The summed E-state index contributed by atoms with van der Waals surface area (Å²) in [4.78, 5) is 14.3. The van der Waals surface area contributed by atoms with Gasteiger partial charge in [-0.2, -0.15) is 0 Å². The van der Waals surface area contributed by atoms with Crippen molar-refractivity contribution in [2.75, 3.05) is 13.1 Å². The first-order valence-electron chi connectivity index (χ1n) is 8.38. The summed E-state index contributed by atoms with van der Waals surface area (Å²) in [6.07, 6.45) is 6.58. The van der Waals surface area contributed by atoms with E-state index in [1.165, 1.54) is 11.1 Å². The van der Waals surface area contributed by atoms with Crippen LogP contribution in [0.1, 0.15) is 27.9 Å². The molecule has 2 rings (SSSR count). The van der Waals surface area contributed by atoms with E-state index in [1.54, 1.807) is 17.1 Å². The molecule has 0 aromatic heterocycles. The van der Waals surface area contributed by atoms with E-state index in [0.717, 1.165) is 24.8 Å². The molecule has 0 saturated heterocycles. The van der Waals surface area contributed by atoms with Gasteiger partial charge < -0.3 is 4.90 Å². The highest BCUT2D eigenvalue weighted by Crippen LogP contribution is 2.12. The maximum atomic E-state index is 12.6. The van der Waals surface area contributed by atoms with Crippen LogP contribution in [0.3, 0.4) is 0 Å². The minimum absolute atomic E-state index is 0.0275. The van der Waals surface area contributed by atoms with Gasteiger partial charge in [-0.15, -0.1) is 13.2 Å². The highest BCUT2D eigenvalue weighted by Gasteiger charge is 2.13. The highest BCUT2D eigenvalue weighted by atomic mass is 16.2. The van der Waals surface area contributed by atoms with Crippen molar-refractivity contribution in [3.63, 3.8) is 0 Å². The van der Waals surface area contributed by atoms with Gasteiger partial charge in [0.25, 0.3) is 5.91 Å². The molecule has 2 aromatic carbocycles. The van der Waals surface area contributed by atoms with Gasteiger partial charge in [0.05, 0.1) is 0 Å². The Labute approximate surface area is 145 Å². The van der Waals surface area contributed by atoms with Crippen LogP contribution in [0.25, 0.3) is 0 Å². The van der Waals surface area contributed by atoms with Crippen molar-refractivity contribution in [2.45, 2.75) is 19.3 Å². The van der Waals surface area contributed by atoms with Crippen LogP contribution in [0.2, 0.25) is 0 Å². The Balaban J connectivity index is 1.98. The molecule has 0 N–H and O–H groups in total. The first-order valence-corrected chi connectivity index (χ1v) is 8.38. The Morgan fingerprint density at radius 2 is 1.50 bits per heavy atom. The lowest BCUT2D eigenvalue weighted by Gasteiger charge is -2.19. The van der Waals surface area contributed by atoms with Gasteiger partial charge in [0.2, 0.25) is 0 Å². The number of nitrogens with zero attached hydrogens (tertiary/aromatic N) is 1. The molecule has 124 valence electrons. The average Bonchev–Trinajstić information content (AvgIpc) is 2.62. The Morgan fingerprint density at radius 3 is 2.17 bits per heavy atom. The van der Waals surface area contributed by atoms with Crippen LogP contribution in [-0.4, -0.2) is 23.9 Å². The molecule has 0 saturated carbocycles. The average molecular weight is 319 g/mol. The predicted molar refractivity (Wildman–Crippen MR) is 101 cm³/mol. The van der Waals surface area contributed by atoms with E-state index in [-0.39, 0.29) is 5.91 Å². The fourth-order valence-electron chi connectivity index (χ4n) is 2.74. The zero-order valence-electron chi connectivity index (χ0n) is 14.2. The van der Waals surface area contributed by atoms with Gasteiger partial charge in [0.15, 0.2) is 0 Å². The van der Waals surface area contributed by atoms with Gasteiger partial charge in [0.1, 0.15) is 0 Å². The summed E-state index contributed by atoms with van der Waals surface area (Å²) in [7, 11) is 0. The lowest BCUT2D eigenvalue weighted by atomic mass is 10.0. The smallest absolute Gasteiger partial charge is 0.254 e. The Hall–Kier alpha value is -2.61. The summed E-state index contributed by atoms with van der Waals surface area (Å²) >= 11 is 0. The molecule has 0 aliphatic heterocycles. The van der Waals surface area contributed by atoms with Crippen molar-refractivity contribution in [3.8, 4) is 0 Å². The monoisotopic (exact) mass is 319 g/mol. The van der Waals surface area contributed by atoms with Crippen LogP contribution in [0.4, 0.5) is 0 Å². The molecule has 2 nitrogen and oxygen atoms in total. The fraction of sp³-hybridized carbons (Fsp3) is 0.227. The molecule has 24 heavy (non-hydrogen) atoms. The summed E-state index contributed by atoms with van der Waals surface area (Å²) in [5.74, 6) is 0.0275. The minimum atomic E-state index is 0.0275. The number of hydrogen-bond acceptors (Lipinski definition) is 1. The van der Waals surface area contributed by atoms with Gasteiger partial charge in [-0.05, 0) is 42.5 Å². The summed E-state index contributed by atoms with van der Waals surface area (Å²) in [5.41, 5.74) is 3.29. The number of carbonyl (C=O) groups excluding carboxylic acids is 1. The number of amides is 1. The fourth-order valence-corrected chi connectivity index (χ4v) is 2.74. The molecule has 2 heteroatoms. The molecule has 0 atom stereocenters. The normalized spacial score (nSPS) is 10.2. The van der Waals surface area contributed by atoms with Gasteiger partial charge in [-0.25, -0.2) is 0 Å². The summed E-state index contributed by atoms with van der Waals surface area (Å²) in [6.45, 7) is 8.50. The second kappa shape index (κ2) is 9.51. The van der Waals surface area contributed by atoms with Crippen LogP contribution >= 0.6 is 0 Å². The zero-order chi connectivity index (χ0) is 17.2. The molecule has 0 aliphatic carbocycles. The standard InChI is InChI=1S/C22H25NO/c1-3-16-23(17-4-2)22(24)21-15-9-14-20(18-21)13-8-12-19-10-6-5-7-11-19/h3-7,9-11,14-15,18H,1-2,8,12-13,16-17H2. The molecule has 0 unspecified atom stereocenters. The Kier molecular flexibility index (Phi) is 7.03. The van der Waals surface area contributed by atoms with Crippen LogP contribution in [0.15, 0.2) is 79.9 Å². The number of rotatable bonds is 9. The molecule has 1 amide bonds. The van der Waals surface area contributed by atoms with Gasteiger partial charge >= 0.3 is 0 Å². The molecular formula is C22H25NO. The van der Waals surface area contributed by atoms with E-state index in [2.05, 4.69) is 43.5 Å². The van der Waals surface area contributed by atoms with E-state index >= 15 is 0 Å². The van der Waals surface area contributed by atoms with Crippen LogP contribution < -0.4 is 0 Å². The van der Waals surface area contributed by atoms with Gasteiger partial charge in [-0.3, -0.25) is 4.79 Å². The lowest BCUT2D eigenvalue weighted by Crippen LogP contribution is -2.31. The molecule has 0 spiro atoms. The first kappa shape index (κ1) is 17.7. The molecule has 0 aliphatic rings. The van der Waals surface area contributed by atoms with E-state index in [9.17, 15) is 4.79 Å². The lowest BCUT2D eigenvalue weighted by molar-refractivity contribution is 0.0790. The molecule has 2 aromatic rings. The number of aryl methyl sites for hydroxylation is 2. The molecule has 0 bridgehead atoms. The third-order valence-corrected chi connectivity index (χ3v) is 3.93. The van der Waals surface area contributed by atoms with Crippen molar-refractivity contribution in [1.29, 1.82) is 0 Å². The van der Waals surface area contributed by atoms with Crippen LogP contribution in [-0.2, 0) is 12.8 Å². The third kappa shape index (κ3) is 5.24. The number of carbonyl (C=O) groups is 1. The maximum absolute atomic E-state index is 12.6. The zero-order valence-corrected chi connectivity index (χ0v) is 14.2. The summed E-state index contributed by atoms with van der Waals surface area (Å²) < 4.78 is 0. The number of benzene rings is 2. The SMILES string of the molecule is C=CCN(CC=C)C(=O)c1cccc(CCCc2ccccc2)c1. The molecule has 0 radical (unpaired) electrons. The van der Waals surface area contributed by atoms with Gasteiger partial charge in [0, 0.05) is 18.7 Å². The second-order valence-corrected chi connectivity index (χ2v) is 5.83. The Morgan fingerprint density at radius 1 is 0.875 bits per heavy atom. The van der Waals surface area contributed by atoms with Crippen LogP contribution in [0.5, 0.6) is 0 Å². The largest absolute Gasteiger partial charge is 0.331 e. The van der Waals surface area contributed by atoms with Crippen LogP contribution in [0, 0.1) is 0 Å². The minimum Gasteiger partial charge on any atom is -0.331 e. The van der Waals surface area contributed by atoms with Crippen molar-refractivity contribution < 1.29 is 4.79 Å². The van der Waals surface area contributed by atoms with E-state index in [1.807, 2.05) is 24.3 Å². The number of hydrogen-bond donors (Lipinski definition) is 0. The topological polar surface area (TPSA) is 20.3 Å². The van der Waals surface area contributed by atoms with E-state index < -0.39 is 0 Å². The predicted octanol–water partition coefficient (Wildman–Crippen LogP) is 4.68. The summed E-state index contributed by atoms with van der Waals surface area (Å²) in [5, 5.41) is 0. The highest BCUT2D eigenvalue weighted by molar-refractivity contribution is 5.94. The van der Waals surface area contributed by atoms with Crippen molar-refractivity contribution in [2.24, 2.45) is 0 Å². The van der Waals surface area contributed by atoms with Gasteiger partial charge in [-0.1, -0.05) is 54.6 Å². The van der Waals surface area contributed by atoms with Crippen molar-refractivity contribution in [3.05, 3.63) is 96.6 Å².